The number of aromatic amines is 1. The highest BCUT2D eigenvalue weighted by molar-refractivity contribution is 6.07. The standard InChI is InChI=1S/C18H22N4O3/c1-11-5-4-6-13-12(9-20-15(11)13)7-8-19-14(23)10-22-17(25)21-16(24)18(22,2)3/h4-6,9,20H,7-8,10H2,1-3H3,(H,19,23)(H,21,24,25). The van der Waals surface area contributed by atoms with Crippen LogP contribution in [0.3, 0.4) is 0 Å². The molecule has 1 aromatic heterocycles. The number of aromatic nitrogens is 1. The Kier molecular flexibility index (Phi) is 4.24. The van der Waals surface area contributed by atoms with Gasteiger partial charge in [0.1, 0.15) is 12.1 Å². The molecule has 25 heavy (non-hydrogen) atoms. The number of benzene rings is 1. The summed E-state index contributed by atoms with van der Waals surface area (Å²) < 4.78 is 0. The van der Waals surface area contributed by atoms with E-state index in [1.165, 1.54) is 10.5 Å². The van der Waals surface area contributed by atoms with Gasteiger partial charge >= 0.3 is 6.03 Å². The van der Waals surface area contributed by atoms with Gasteiger partial charge in [-0.25, -0.2) is 4.79 Å². The van der Waals surface area contributed by atoms with E-state index in [-0.39, 0.29) is 18.4 Å². The third-order valence-corrected chi connectivity index (χ3v) is 4.72. The average molecular weight is 342 g/mol. The van der Waals surface area contributed by atoms with Crippen molar-refractivity contribution in [1.29, 1.82) is 0 Å². The van der Waals surface area contributed by atoms with E-state index < -0.39 is 11.6 Å². The normalized spacial score (nSPS) is 16.4. The molecule has 2 aromatic rings. The van der Waals surface area contributed by atoms with Gasteiger partial charge in [-0.2, -0.15) is 0 Å². The first-order valence-corrected chi connectivity index (χ1v) is 8.26. The van der Waals surface area contributed by atoms with E-state index in [9.17, 15) is 14.4 Å². The van der Waals surface area contributed by atoms with E-state index in [4.69, 9.17) is 0 Å². The van der Waals surface area contributed by atoms with Crippen molar-refractivity contribution in [2.75, 3.05) is 13.1 Å². The fraction of sp³-hybridized carbons (Fsp3) is 0.389. The van der Waals surface area contributed by atoms with E-state index in [2.05, 4.69) is 34.7 Å². The highest BCUT2D eigenvalue weighted by Crippen LogP contribution is 2.22. The van der Waals surface area contributed by atoms with Crippen molar-refractivity contribution in [1.82, 2.24) is 20.5 Å². The Hall–Kier alpha value is -2.83. The van der Waals surface area contributed by atoms with Crippen molar-refractivity contribution in [2.24, 2.45) is 0 Å². The number of fused-ring (bicyclic) bond motifs is 1. The minimum Gasteiger partial charge on any atom is -0.361 e. The van der Waals surface area contributed by atoms with Crippen molar-refractivity contribution in [3.63, 3.8) is 0 Å². The Labute approximate surface area is 145 Å². The zero-order valence-electron chi connectivity index (χ0n) is 14.6. The Morgan fingerprint density at radius 1 is 1.28 bits per heavy atom. The van der Waals surface area contributed by atoms with E-state index in [0.717, 1.165) is 16.5 Å². The van der Waals surface area contributed by atoms with Crippen LogP contribution in [0.2, 0.25) is 0 Å². The molecule has 7 heteroatoms. The Bertz CT molecular complexity index is 853. The summed E-state index contributed by atoms with van der Waals surface area (Å²) in [6.45, 7) is 5.61. The lowest BCUT2D eigenvalue weighted by Crippen LogP contribution is -2.49. The molecule has 3 rings (SSSR count). The molecule has 1 saturated heterocycles. The lowest BCUT2D eigenvalue weighted by atomic mass is 10.0. The Morgan fingerprint density at radius 3 is 2.72 bits per heavy atom. The summed E-state index contributed by atoms with van der Waals surface area (Å²) in [4.78, 5) is 40.1. The molecule has 0 radical (unpaired) electrons. The van der Waals surface area contributed by atoms with E-state index in [0.29, 0.717) is 13.0 Å². The Morgan fingerprint density at radius 2 is 2.04 bits per heavy atom. The maximum absolute atomic E-state index is 12.1. The molecule has 3 N–H and O–H groups in total. The van der Waals surface area contributed by atoms with Gasteiger partial charge in [-0.15, -0.1) is 0 Å². The molecule has 7 nitrogen and oxygen atoms in total. The second kappa shape index (κ2) is 6.23. The smallest absolute Gasteiger partial charge is 0.325 e. The van der Waals surface area contributed by atoms with Crippen LogP contribution < -0.4 is 10.6 Å². The van der Waals surface area contributed by atoms with Crippen LogP contribution in [0.1, 0.15) is 25.0 Å². The molecule has 0 bridgehead atoms. The Balaban J connectivity index is 1.57. The molecule has 1 fully saturated rings. The molecule has 0 unspecified atom stereocenters. The fourth-order valence-corrected chi connectivity index (χ4v) is 3.07. The van der Waals surface area contributed by atoms with E-state index >= 15 is 0 Å². The minimum atomic E-state index is -1.01. The van der Waals surface area contributed by atoms with Gasteiger partial charge in [0.15, 0.2) is 0 Å². The summed E-state index contributed by atoms with van der Waals surface area (Å²) in [7, 11) is 0. The van der Waals surface area contributed by atoms with Crippen LogP contribution in [0.25, 0.3) is 10.9 Å². The predicted molar refractivity (Wildman–Crippen MR) is 94.1 cm³/mol. The first-order chi connectivity index (χ1) is 11.8. The zero-order chi connectivity index (χ0) is 18.2. The number of nitrogens with one attached hydrogen (secondary N) is 3. The third-order valence-electron chi connectivity index (χ3n) is 4.72. The summed E-state index contributed by atoms with van der Waals surface area (Å²) >= 11 is 0. The fourth-order valence-electron chi connectivity index (χ4n) is 3.07. The molecule has 0 aliphatic carbocycles. The number of imide groups is 1. The monoisotopic (exact) mass is 342 g/mol. The number of nitrogens with zero attached hydrogens (tertiary/aromatic N) is 1. The number of carbonyl (C=O) groups is 3. The maximum atomic E-state index is 12.1. The first-order valence-electron chi connectivity index (χ1n) is 8.26. The van der Waals surface area contributed by atoms with E-state index in [1.54, 1.807) is 13.8 Å². The number of rotatable bonds is 5. The van der Waals surface area contributed by atoms with Gasteiger partial charge in [0, 0.05) is 23.6 Å². The molecular weight excluding hydrogens is 320 g/mol. The van der Waals surface area contributed by atoms with Gasteiger partial charge in [-0.3, -0.25) is 14.9 Å². The van der Waals surface area contributed by atoms with Crippen LogP contribution >= 0.6 is 0 Å². The molecule has 0 atom stereocenters. The predicted octanol–water partition coefficient (Wildman–Crippen LogP) is 1.47. The highest BCUT2D eigenvalue weighted by Gasteiger charge is 2.46. The molecule has 4 amide bonds. The quantitative estimate of drug-likeness (QED) is 0.718. The second-order valence-corrected chi connectivity index (χ2v) is 6.82. The van der Waals surface area contributed by atoms with Gasteiger partial charge in [0.25, 0.3) is 5.91 Å². The molecule has 1 aliphatic rings. The van der Waals surface area contributed by atoms with Crippen LogP contribution in [0.4, 0.5) is 4.79 Å². The lowest BCUT2D eigenvalue weighted by molar-refractivity contribution is -0.127. The van der Waals surface area contributed by atoms with Gasteiger partial charge in [0.2, 0.25) is 5.91 Å². The minimum absolute atomic E-state index is 0.141. The number of hydrogen-bond donors (Lipinski definition) is 3. The number of urea groups is 1. The van der Waals surface area contributed by atoms with Crippen LogP contribution in [0, 0.1) is 6.92 Å². The van der Waals surface area contributed by atoms with Crippen molar-refractivity contribution in [2.45, 2.75) is 32.7 Å². The molecule has 2 heterocycles. The van der Waals surface area contributed by atoms with Crippen LogP contribution in [-0.2, 0) is 16.0 Å². The topological polar surface area (TPSA) is 94.3 Å². The van der Waals surface area contributed by atoms with Crippen LogP contribution in [0.5, 0.6) is 0 Å². The van der Waals surface area contributed by atoms with Gasteiger partial charge in [-0.05, 0) is 38.3 Å². The third kappa shape index (κ3) is 3.09. The summed E-state index contributed by atoms with van der Waals surface area (Å²) in [6, 6.07) is 5.59. The second-order valence-electron chi connectivity index (χ2n) is 6.82. The molecule has 0 spiro atoms. The number of amides is 4. The summed E-state index contributed by atoms with van der Waals surface area (Å²) in [5, 5.41) is 6.20. The van der Waals surface area contributed by atoms with E-state index in [1.807, 2.05) is 12.3 Å². The molecule has 0 saturated carbocycles. The van der Waals surface area contributed by atoms with Crippen molar-refractivity contribution in [3.05, 3.63) is 35.5 Å². The van der Waals surface area contributed by atoms with Gasteiger partial charge in [-0.1, -0.05) is 18.2 Å². The number of hydrogen-bond acceptors (Lipinski definition) is 3. The molecule has 1 aromatic carbocycles. The van der Waals surface area contributed by atoms with Crippen molar-refractivity contribution >= 4 is 28.7 Å². The van der Waals surface area contributed by atoms with Gasteiger partial charge < -0.3 is 15.2 Å². The van der Waals surface area contributed by atoms with Crippen LogP contribution in [0.15, 0.2) is 24.4 Å². The van der Waals surface area contributed by atoms with Crippen molar-refractivity contribution < 1.29 is 14.4 Å². The molecule has 1 aliphatic heterocycles. The number of aryl methyl sites for hydroxylation is 1. The summed E-state index contributed by atoms with van der Waals surface area (Å²) in [5.74, 6) is -0.673. The summed E-state index contributed by atoms with van der Waals surface area (Å²) in [5.41, 5.74) is 2.41. The van der Waals surface area contributed by atoms with Crippen LogP contribution in [-0.4, -0.2) is 46.4 Å². The largest absolute Gasteiger partial charge is 0.361 e. The van der Waals surface area contributed by atoms with Crippen molar-refractivity contribution in [3.8, 4) is 0 Å². The maximum Gasteiger partial charge on any atom is 0.325 e. The van der Waals surface area contributed by atoms with Gasteiger partial charge in [0.05, 0.1) is 0 Å². The molecule has 132 valence electrons. The SMILES string of the molecule is Cc1cccc2c(CCNC(=O)CN3C(=O)NC(=O)C3(C)C)c[nH]c12. The number of carbonyl (C=O) groups excluding carboxylic acids is 3. The first kappa shape index (κ1) is 17.0. The highest BCUT2D eigenvalue weighted by atomic mass is 16.2. The number of H-pyrrole nitrogens is 1. The average Bonchev–Trinajstić information content (AvgIpc) is 3.04. The molecular formula is C18H22N4O3. The lowest BCUT2D eigenvalue weighted by Gasteiger charge is -2.27. The number of para-hydroxylation sites is 1. The zero-order valence-corrected chi connectivity index (χ0v) is 14.6. The summed E-state index contributed by atoms with van der Waals surface area (Å²) in [6.07, 6.45) is 2.64.